The standard InChI is InChI=1S/C8H3Cl5S/c9-4-2-1-3-14-8(13)7(12)6(11)5(4)10/h1-3H. The Morgan fingerprint density at radius 2 is 1.50 bits per heavy atom. The van der Waals surface area contributed by atoms with E-state index in [-0.39, 0.29) is 15.1 Å². The highest BCUT2D eigenvalue weighted by atomic mass is 35.5. The molecule has 0 aliphatic carbocycles. The van der Waals surface area contributed by atoms with Gasteiger partial charge < -0.3 is 0 Å². The molecule has 1 rings (SSSR count). The zero-order valence-corrected chi connectivity index (χ0v) is 11.1. The topological polar surface area (TPSA) is 0 Å². The maximum atomic E-state index is 5.86. The summed E-state index contributed by atoms with van der Waals surface area (Å²) in [6, 6.07) is 3.32. The van der Waals surface area contributed by atoms with Gasteiger partial charge in [0.05, 0.1) is 20.1 Å². The number of rotatable bonds is 0. The van der Waals surface area contributed by atoms with Crippen LogP contribution in [0.4, 0.5) is 0 Å². The van der Waals surface area contributed by atoms with Crippen LogP contribution in [0.15, 0.2) is 17.5 Å². The van der Waals surface area contributed by atoms with Gasteiger partial charge in [0, 0.05) is 0 Å². The summed E-state index contributed by atoms with van der Waals surface area (Å²) < 4.78 is 0.353. The lowest BCUT2D eigenvalue weighted by molar-refractivity contribution is 1.79. The average Bonchev–Trinajstić information content (AvgIpc) is 2.21. The minimum Gasteiger partial charge on any atom is -0.130 e. The van der Waals surface area contributed by atoms with Gasteiger partial charge in [-0.2, -0.15) is 0 Å². The third-order valence-electron chi connectivity index (χ3n) is 1.26. The van der Waals surface area contributed by atoms with Crippen LogP contribution in [-0.4, -0.2) is 0 Å². The summed E-state index contributed by atoms with van der Waals surface area (Å²) in [5.41, 5.74) is 0. The van der Waals surface area contributed by atoms with Gasteiger partial charge in [-0.3, -0.25) is 0 Å². The Morgan fingerprint density at radius 1 is 0.857 bits per heavy atom. The molecular weight excluding hydrogens is 305 g/mol. The molecule has 0 spiro atoms. The second kappa shape index (κ2) is 5.64. The summed E-state index contributed by atoms with van der Waals surface area (Å²) in [4.78, 5) is 0. The molecule has 1 heterocycles. The Balaban J connectivity index is 3.68. The van der Waals surface area contributed by atoms with Crippen LogP contribution in [0.2, 0.25) is 24.4 Å². The fourth-order valence-corrected chi connectivity index (χ4v) is 2.32. The van der Waals surface area contributed by atoms with Gasteiger partial charge in [0.25, 0.3) is 0 Å². The molecule has 6 heteroatoms. The van der Waals surface area contributed by atoms with Crippen molar-refractivity contribution in [1.29, 1.82) is 0 Å². The van der Waals surface area contributed by atoms with Crippen LogP contribution in [0, 0.1) is 0 Å². The van der Waals surface area contributed by atoms with Gasteiger partial charge in [-0.15, -0.1) is 11.3 Å². The van der Waals surface area contributed by atoms with E-state index in [4.69, 9.17) is 58.0 Å². The maximum absolute atomic E-state index is 5.86. The summed E-state index contributed by atoms with van der Waals surface area (Å²) in [6.45, 7) is 0. The summed E-state index contributed by atoms with van der Waals surface area (Å²) in [5, 5.41) is 2.58. The van der Waals surface area contributed by atoms with E-state index >= 15 is 0 Å². The van der Waals surface area contributed by atoms with Gasteiger partial charge in [0.2, 0.25) is 0 Å². The first-order chi connectivity index (χ1) is 6.54. The smallest absolute Gasteiger partial charge is 0.113 e. The quantitative estimate of drug-likeness (QED) is 0.540. The molecule has 0 bridgehead atoms. The molecule has 0 amide bonds. The second-order valence-corrected chi connectivity index (χ2v) is 5.24. The highest BCUT2D eigenvalue weighted by molar-refractivity contribution is 7.14. The predicted molar refractivity (Wildman–Crippen MR) is 67.0 cm³/mol. The van der Waals surface area contributed by atoms with Crippen LogP contribution in [0.5, 0.6) is 0 Å². The maximum Gasteiger partial charge on any atom is 0.113 e. The van der Waals surface area contributed by atoms with Crippen molar-refractivity contribution in [3.05, 3.63) is 41.9 Å². The molecule has 0 atom stereocenters. The zero-order valence-electron chi connectivity index (χ0n) is 6.53. The Hall–Kier alpha value is 0.630. The SMILES string of the molecule is Clc1cccsc(Cl)c(Cl)c(Cl)c1Cl. The van der Waals surface area contributed by atoms with E-state index in [1.165, 1.54) is 11.3 Å². The van der Waals surface area contributed by atoms with E-state index < -0.39 is 0 Å². The molecule has 0 saturated heterocycles. The summed E-state index contributed by atoms with van der Waals surface area (Å²) in [6.07, 6.45) is 0. The van der Waals surface area contributed by atoms with Crippen LogP contribution in [-0.2, 0) is 0 Å². The van der Waals surface area contributed by atoms with E-state index in [0.29, 0.717) is 9.36 Å². The summed E-state index contributed by atoms with van der Waals surface area (Å²) in [5.74, 6) is 0. The van der Waals surface area contributed by atoms with Gasteiger partial charge in [-0.1, -0.05) is 64.1 Å². The first-order valence-corrected chi connectivity index (χ1v) is 6.11. The molecule has 1 aromatic rings. The molecule has 0 fully saturated rings. The molecule has 0 aromatic carbocycles. The number of hydrogen-bond donors (Lipinski definition) is 0. The minimum atomic E-state index is 0.149. The van der Waals surface area contributed by atoms with Crippen molar-refractivity contribution in [2.24, 2.45) is 0 Å². The van der Waals surface area contributed by atoms with Crippen LogP contribution < -0.4 is 0 Å². The molecule has 0 aliphatic heterocycles. The minimum absolute atomic E-state index is 0.149. The van der Waals surface area contributed by atoms with Gasteiger partial charge in [0.1, 0.15) is 4.34 Å². The zero-order chi connectivity index (χ0) is 10.7. The van der Waals surface area contributed by atoms with Gasteiger partial charge >= 0.3 is 0 Å². The van der Waals surface area contributed by atoms with Gasteiger partial charge in [0.15, 0.2) is 0 Å². The normalized spacial score (nSPS) is 9.79. The highest BCUT2D eigenvalue weighted by Crippen LogP contribution is 2.37. The third kappa shape index (κ3) is 3.06. The van der Waals surface area contributed by atoms with E-state index in [2.05, 4.69) is 0 Å². The molecular formula is C8H3Cl5S. The molecule has 14 heavy (non-hydrogen) atoms. The number of hydrogen-bond acceptors (Lipinski definition) is 1. The molecule has 0 radical (unpaired) electrons. The lowest BCUT2D eigenvalue weighted by Gasteiger charge is -1.95. The van der Waals surface area contributed by atoms with Crippen LogP contribution >= 0.6 is 69.3 Å². The summed E-state index contributed by atoms with van der Waals surface area (Å²) in [7, 11) is 0. The van der Waals surface area contributed by atoms with E-state index in [1.54, 1.807) is 17.5 Å². The van der Waals surface area contributed by atoms with Gasteiger partial charge in [-0.25, -0.2) is 0 Å². The molecule has 0 N–H and O–H groups in total. The Labute approximate surface area is 111 Å². The molecule has 1 aromatic heterocycles. The van der Waals surface area contributed by atoms with Crippen molar-refractivity contribution in [2.75, 3.05) is 0 Å². The first-order valence-electron chi connectivity index (χ1n) is 3.34. The molecule has 0 nitrogen and oxygen atoms in total. The Morgan fingerprint density at radius 3 is 2.14 bits per heavy atom. The second-order valence-electron chi connectivity index (χ2n) is 2.18. The number of halogens is 5. The van der Waals surface area contributed by atoms with E-state index in [1.807, 2.05) is 0 Å². The van der Waals surface area contributed by atoms with E-state index in [0.717, 1.165) is 0 Å². The lowest BCUT2D eigenvalue weighted by atomic mass is 10.4. The van der Waals surface area contributed by atoms with Crippen LogP contribution in [0.1, 0.15) is 0 Å². The van der Waals surface area contributed by atoms with Crippen LogP contribution in [0.25, 0.3) is 0 Å². The van der Waals surface area contributed by atoms with Crippen molar-refractivity contribution >= 4 is 69.3 Å². The Kier molecular flexibility index (Phi) is 5.12. The van der Waals surface area contributed by atoms with Crippen molar-refractivity contribution in [3.8, 4) is 0 Å². The molecule has 0 saturated carbocycles. The van der Waals surface area contributed by atoms with Crippen molar-refractivity contribution in [2.45, 2.75) is 0 Å². The monoisotopic (exact) mass is 306 g/mol. The molecule has 0 aliphatic rings. The Bertz CT molecular complexity index is 361. The van der Waals surface area contributed by atoms with Gasteiger partial charge in [-0.05, 0) is 11.4 Å². The molecule has 0 unspecified atom stereocenters. The summed E-state index contributed by atoms with van der Waals surface area (Å²) >= 11 is 30.5. The fourth-order valence-electron chi connectivity index (χ4n) is 0.635. The van der Waals surface area contributed by atoms with Crippen molar-refractivity contribution < 1.29 is 0 Å². The fraction of sp³-hybridized carbons (Fsp3) is 0. The predicted octanol–water partition coefficient (Wildman–Crippen LogP) is 6.14. The largest absolute Gasteiger partial charge is 0.130 e. The van der Waals surface area contributed by atoms with Crippen LogP contribution in [0.3, 0.4) is 0 Å². The van der Waals surface area contributed by atoms with Crippen molar-refractivity contribution in [3.63, 3.8) is 0 Å². The highest BCUT2D eigenvalue weighted by Gasteiger charge is 2.06. The third-order valence-corrected chi connectivity index (χ3v) is 4.38. The van der Waals surface area contributed by atoms with E-state index in [9.17, 15) is 0 Å². The lowest BCUT2D eigenvalue weighted by Crippen LogP contribution is -1.67. The first kappa shape index (κ1) is 12.7. The average molecular weight is 308 g/mol. The molecule has 76 valence electrons. The van der Waals surface area contributed by atoms with Crippen molar-refractivity contribution in [1.82, 2.24) is 0 Å².